The van der Waals surface area contributed by atoms with Gasteiger partial charge in [-0.15, -0.1) is 0 Å². The molecule has 1 fully saturated rings. The van der Waals surface area contributed by atoms with Crippen molar-refractivity contribution in [3.8, 4) is 5.75 Å². The van der Waals surface area contributed by atoms with Crippen molar-refractivity contribution >= 4 is 40.4 Å². The zero-order chi connectivity index (χ0) is 29.6. The molecular formula is C31H38N8O3. The average molecular weight is 571 g/mol. The number of amides is 1. The van der Waals surface area contributed by atoms with Gasteiger partial charge in [-0.1, -0.05) is 36.9 Å². The zero-order valence-electron chi connectivity index (χ0n) is 24.6. The van der Waals surface area contributed by atoms with Crippen molar-refractivity contribution in [2.75, 3.05) is 74.6 Å². The van der Waals surface area contributed by atoms with E-state index in [0.29, 0.717) is 55.2 Å². The minimum atomic E-state index is -0.304. The van der Waals surface area contributed by atoms with E-state index in [0.717, 1.165) is 23.5 Å². The quantitative estimate of drug-likeness (QED) is 0.350. The van der Waals surface area contributed by atoms with E-state index in [-0.39, 0.29) is 17.9 Å². The number of methoxy groups -OCH3 is 1. The number of morpholine rings is 1. The predicted octanol–water partition coefficient (Wildman–Crippen LogP) is 3.98. The minimum Gasteiger partial charge on any atom is -0.494 e. The molecule has 42 heavy (non-hydrogen) atoms. The largest absolute Gasteiger partial charge is 0.494 e. The highest BCUT2D eigenvalue weighted by Crippen LogP contribution is 2.39. The van der Waals surface area contributed by atoms with Crippen LogP contribution >= 0.6 is 0 Å². The van der Waals surface area contributed by atoms with E-state index < -0.39 is 0 Å². The van der Waals surface area contributed by atoms with Crippen LogP contribution in [-0.2, 0) is 9.53 Å². The summed E-state index contributed by atoms with van der Waals surface area (Å²) in [5, 5.41) is 13.3. The van der Waals surface area contributed by atoms with Crippen molar-refractivity contribution in [1.82, 2.24) is 14.9 Å². The Morgan fingerprint density at radius 3 is 2.62 bits per heavy atom. The number of aromatic nitrogens is 2. The fraction of sp³-hybridized carbons (Fsp3) is 0.355. The van der Waals surface area contributed by atoms with Gasteiger partial charge in [-0.2, -0.15) is 10.1 Å². The lowest BCUT2D eigenvalue weighted by Crippen LogP contribution is -2.37. The second kappa shape index (κ2) is 13.0. The van der Waals surface area contributed by atoms with Crippen LogP contribution in [0.15, 0.2) is 72.5 Å². The fourth-order valence-electron chi connectivity index (χ4n) is 5.30. The molecule has 2 aliphatic rings. The average Bonchev–Trinajstić information content (AvgIpc) is 3.33. The summed E-state index contributed by atoms with van der Waals surface area (Å²) in [7, 11) is 5.77. The first-order valence-corrected chi connectivity index (χ1v) is 14.0. The maximum Gasteiger partial charge on any atom is 0.247 e. The van der Waals surface area contributed by atoms with Crippen LogP contribution in [0, 0.1) is 5.92 Å². The maximum absolute atomic E-state index is 12.3. The molecule has 0 aliphatic carbocycles. The number of nitrogens with one attached hydrogen (secondary N) is 2. The SMILES string of the molecule is C=CC(=O)Nc1cc(Nc2nccc(N3N=C(c4ccccc4)C(CN(C)C)C3C)n2)c(OC)cc1N1CCOCC1. The first-order chi connectivity index (χ1) is 20.4. The lowest BCUT2D eigenvalue weighted by atomic mass is 9.91. The topological polar surface area (TPSA) is 107 Å². The Bertz CT molecular complexity index is 1440. The van der Waals surface area contributed by atoms with Gasteiger partial charge in [0.15, 0.2) is 5.82 Å². The molecular weight excluding hydrogens is 532 g/mol. The Kier molecular flexibility index (Phi) is 8.99. The number of benzene rings is 2. The Morgan fingerprint density at radius 2 is 1.93 bits per heavy atom. The number of ether oxygens (including phenoxy) is 2. The Morgan fingerprint density at radius 1 is 1.17 bits per heavy atom. The van der Waals surface area contributed by atoms with Gasteiger partial charge in [0.1, 0.15) is 5.75 Å². The monoisotopic (exact) mass is 570 g/mol. The van der Waals surface area contributed by atoms with Crippen molar-refractivity contribution in [3.63, 3.8) is 0 Å². The van der Waals surface area contributed by atoms with Crippen LogP contribution in [0.1, 0.15) is 12.5 Å². The number of carbonyl (C=O) groups excluding carboxylic acids is 1. The Hall–Kier alpha value is -4.48. The van der Waals surface area contributed by atoms with Gasteiger partial charge in [-0.3, -0.25) is 4.79 Å². The van der Waals surface area contributed by atoms with E-state index in [1.807, 2.05) is 41.4 Å². The van der Waals surface area contributed by atoms with Gasteiger partial charge >= 0.3 is 0 Å². The number of nitrogens with zero attached hydrogens (tertiary/aromatic N) is 6. The molecule has 0 radical (unpaired) electrons. The molecule has 2 aliphatic heterocycles. The summed E-state index contributed by atoms with van der Waals surface area (Å²) in [4.78, 5) is 26.0. The molecule has 3 aromatic rings. The van der Waals surface area contributed by atoms with Crippen LogP contribution in [-0.4, -0.2) is 86.6 Å². The second-order valence-electron chi connectivity index (χ2n) is 10.5. The van der Waals surface area contributed by atoms with Crippen LogP contribution in [0.25, 0.3) is 0 Å². The number of hydrazone groups is 1. The lowest BCUT2D eigenvalue weighted by molar-refractivity contribution is -0.111. The molecule has 3 heterocycles. The van der Waals surface area contributed by atoms with Crippen molar-refractivity contribution < 1.29 is 14.3 Å². The number of rotatable bonds is 10. The minimum absolute atomic E-state index is 0.0772. The fourth-order valence-corrected chi connectivity index (χ4v) is 5.30. The molecule has 2 unspecified atom stereocenters. The number of hydrogen-bond acceptors (Lipinski definition) is 10. The van der Waals surface area contributed by atoms with E-state index in [1.54, 1.807) is 13.3 Å². The van der Waals surface area contributed by atoms with Gasteiger partial charge in [-0.05, 0) is 38.7 Å². The standard InChI is InChI=1S/C31H38N8O3/c1-6-29(40)33-24-18-25(27(41-5)19-26(24)38-14-16-42-17-15-38)34-31-32-13-12-28(35-31)39-21(2)23(20-37(3)4)30(36-39)22-10-8-7-9-11-22/h6-13,18-19,21,23H,1,14-17,20H2,2-5H3,(H,33,40)(H,32,34,35). The Balaban J connectivity index is 1.47. The molecule has 2 aromatic carbocycles. The summed E-state index contributed by atoms with van der Waals surface area (Å²) in [6, 6.07) is 16.0. The third-order valence-corrected chi connectivity index (χ3v) is 7.40. The zero-order valence-corrected chi connectivity index (χ0v) is 24.6. The highest BCUT2D eigenvalue weighted by molar-refractivity contribution is 6.05. The summed E-state index contributed by atoms with van der Waals surface area (Å²) in [5.74, 6) is 1.54. The third-order valence-electron chi connectivity index (χ3n) is 7.40. The molecule has 0 saturated carbocycles. The van der Waals surface area contributed by atoms with Crippen LogP contribution < -0.4 is 25.3 Å². The number of carbonyl (C=O) groups is 1. The van der Waals surface area contributed by atoms with Crippen LogP contribution in [0.2, 0.25) is 0 Å². The normalized spacial score (nSPS) is 18.5. The molecule has 220 valence electrons. The molecule has 0 bridgehead atoms. The maximum atomic E-state index is 12.3. The van der Waals surface area contributed by atoms with Gasteiger partial charge < -0.3 is 29.9 Å². The van der Waals surface area contributed by atoms with Gasteiger partial charge in [0.2, 0.25) is 11.9 Å². The van der Waals surface area contributed by atoms with Gasteiger partial charge in [-0.25, -0.2) is 9.99 Å². The summed E-state index contributed by atoms with van der Waals surface area (Å²) < 4.78 is 11.3. The van der Waals surface area contributed by atoms with E-state index in [1.165, 1.54) is 6.08 Å². The molecule has 1 aromatic heterocycles. The second-order valence-corrected chi connectivity index (χ2v) is 10.5. The van der Waals surface area contributed by atoms with Crippen molar-refractivity contribution in [2.24, 2.45) is 11.0 Å². The lowest BCUT2D eigenvalue weighted by Gasteiger charge is -2.31. The smallest absolute Gasteiger partial charge is 0.247 e. The van der Waals surface area contributed by atoms with Crippen molar-refractivity contribution in [1.29, 1.82) is 0 Å². The summed E-state index contributed by atoms with van der Waals surface area (Å²) >= 11 is 0. The molecule has 2 N–H and O–H groups in total. The molecule has 2 atom stereocenters. The highest BCUT2D eigenvalue weighted by Gasteiger charge is 2.36. The molecule has 1 amide bonds. The molecule has 5 rings (SSSR count). The molecule has 1 saturated heterocycles. The van der Waals surface area contributed by atoms with E-state index in [4.69, 9.17) is 19.6 Å². The first kappa shape index (κ1) is 29.0. The summed E-state index contributed by atoms with van der Waals surface area (Å²) in [6.07, 6.45) is 2.96. The molecule has 11 heteroatoms. The summed E-state index contributed by atoms with van der Waals surface area (Å²) in [6.45, 7) is 9.24. The molecule has 0 spiro atoms. The van der Waals surface area contributed by atoms with Gasteiger partial charge in [0.25, 0.3) is 0 Å². The molecule has 11 nitrogen and oxygen atoms in total. The van der Waals surface area contributed by atoms with Crippen LogP contribution in [0.3, 0.4) is 0 Å². The van der Waals surface area contributed by atoms with Crippen molar-refractivity contribution in [2.45, 2.75) is 13.0 Å². The highest BCUT2D eigenvalue weighted by atomic mass is 16.5. The first-order valence-electron chi connectivity index (χ1n) is 14.0. The number of hydrogen-bond donors (Lipinski definition) is 2. The van der Waals surface area contributed by atoms with Gasteiger partial charge in [0.05, 0.1) is 49.1 Å². The summed E-state index contributed by atoms with van der Waals surface area (Å²) in [5.41, 5.74) is 4.21. The van der Waals surface area contributed by atoms with Gasteiger partial charge in [0, 0.05) is 43.9 Å². The van der Waals surface area contributed by atoms with E-state index in [9.17, 15) is 4.79 Å². The third kappa shape index (κ3) is 6.37. The van der Waals surface area contributed by atoms with Crippen LogP contribution in [0.4, 0.5) is 28.8 Å². The van der Waals surface area contributed by atoms with E-state index >= 15 is 0 Å². The number of anilines is 5. The van der Waals surface area contributed by atoms with Crippen LogP contribution in [0.5, 0.6) is 5.75 Å². The Labute approximate surface area is 246 Å². The van der Waals surface area contributed by atoms with Crippen molar-refractivity contribution in [3.05, 3.63) is 72.9 Å². The predicted molar refractivity (Wildman–Crippen MR) is 167 cm³/mol. The van der Waals surface area contributed by atoms with E-state index in [2.05, 4.69) is 65.1 Å².